The van der Waals surface area contributed by atoms with Crippen molar-refractivity contribution in [3.05, 3.63) is 47.4 Å². The number of amides is 1. The molecule has 1 amide bonds. The highest BCUT2D eigenvalue weighted by Gasteiger charge is 2.26. The van der Waals surface area contributed by atoms with Crippen LogP contribution in [0.15, 0.2) is 36.4 Å². The molecule has 0 saturated carbocycles. The summed E-state index contributed by atoms with van der Waals surface area (Å²) in [7, 11) is 1.71. The van der Waals surface area contributed by atoms with E-state index in [-0.39, 0.29) is 27.8 Å². The van der Waals surface area contributed by atoms with Crippen molar-refractivity contribution in [1.82, 2.24) is 9.97 Å². The predicted molar refractivity (Wildman–Crippen MR) is 108 cm³/mol. The van der Waals surface area contributed by atoms with Crippen LogP contribution in [0.4, 0.5) is 11.5 Å². The van der Waals surface area contributed by atoms with Gasteiger partial charge in [0.25, 0.3) is 5.91 Å². The highest BCUT2D eigenvalue weighted by Crippen LogP contribution is 2.29. The van der Waals surface area contributed by atoms with E-state index in [1.165, 1.54) is 0 Å². The summed E-state index contributed by atoms with van der Waals surface area (Å²) in [5, 5.41) is 3.43. The van der Waals surface area contributed by atoms with Crippen LogP contribution in [0.5, 0.6) is 0 Å². The van der Waals surface area contributed by atoms with Crippen molar-refractivity contribution in [1.29, 1.82) is 0 Å². The number of para-hydroxylation sites is 1. The van der Waals surface area contributed by atoms with E-state index in [0.29, 0.717) is 5.82 Å². The van der Waals surface area contributed by atoms with Crippen LogP contribution in [0.25, 0.3) is 0 Å². The second-order valence-electron chi connectivity index (χ2n) is 8.35. The molecule has 5 nitrogen and oxygen atoms in total. The maximum absolute atomic E-state index is 12.8. The summed E-state index contributed by atoms with van der Waals surface area (Å²) in [4.78, 5) is 22.7. The van der Waals surface area contributed by atoms with Gasteiger partial charge >= 0.3 is 0 Å². The molecule has 2 aromatic rings. The van der Waals surface area contributed by atoms with Crippen molar-refractivity contribution < 1.29 is 4.79 Å². The van der Waals surface area contributed by atoms with Gasteiger partial charge in [-0.25, -0.2) is 9.97 Å². The first-order chi connectivity index (χ1) is 12.0. The molecule has 0 aliphatic carbocycles. The Morgan fingerprint density at radius 1 is 1.12 bits per heavy atom. The zero-order chi connectivity index (χ0) is 19.5. The van der Waals surface area contributed by atoms with Crippen LogP contribution in [-0.2, 0) is 0 Å². The number of rotatable bonds is 5. The normalized spacial score (nSPS) is 12.0. The van der Waals surface area contributed by atoms with Crippen molar-refractivity contribution >= 4 is 29.0 Å². The topological polar surface area (TPSA) is 58.1 Å². The lowest BCUT2D eigenvalue weighted by atomic mass is 9.82. The number of nitrogens with zero attached hydrogens (tertiary/aromatic N) is 3. The van der Waals surface area contributed by atoms with E-state index in [1.807, 2.05) is 30.3 Å². The molecule has 0 bridgehead atoms. The van der Waals surface area contributed by atoms with E-state index in [9.17, 15) is 4.79 Å². The fraction of sp³-hybridized carbons (Fsp3) is 0.450. The zero-order valence-electron chi connectivity index (χ0n) is 16.3. The van der Waals surface area contributed by atoms with Gasteiger partial charge in [0.1, 0.15) is 11.5 Å². The smallest absolute Gasteiger partial charge is 0.276 e. The molecule has 0 radical (unpaired) electrons. The first-order valence-electron chi connectivity index (χ1n) is 8.63. The van der Waals surface area contributed by atoms with E-state index < -0.39 is 0 Å². The number of halogens is 1. The molecule has 0 atom stereocenters. The maximum Gasteiger partial charge on any atom is 0.276 e. The summed E-state index contributed by atoms with van der Waals surface area (Å²) in [6, 6.07) is 11.1. The molecule has 0 unspecified atom stereocenters. The molecule has 6 heteroatoms. The largest absolute Gasteiger partial charge is 0.365 e. The lowest BCUT2D eigenvalue weighted by molar-refractivity contribution is 0.0988. The molecule has 1 aromatic carbocycles. The predicted octanol–water partition coefficient (Wildman–Crippen LogP) is 5.03. The Morgan fingerprint density at radius 3 is 2.31 bits per heavy atom. The first kappa shape index (κ1) is 20.2. The van der Waals surface area contributed by atoms with E-state index in [1.54, 1.807) is 18.0 Å². The Kier molecular flexibility index (Phi) is 5.91. The number of hydrogen-bond acceptors (Lipinski definition) is 4. The van der Waals surface area contributed by atoms with E-state index >= 15 is 0 Å². The van der Waals surface area contributed by atoms with Crippen molar-refractivity contribution in [2.75, 3.05) is 17.3 Å². The van der Waals surface area contributed by atoms with Gasteiger partial charge in [-0.05, 0) is 49.4 Å². The van der Waals surface area contributed by atoms with Crippen LogP contribution >= 0.6 is 11.6 Å². The summed E-state index contributed by atoms with van der Waals surface area (Å²) >= 11 is 6.07. The fourth-order valence-electron chi connectivity index (χ4n) is 3.25. The number of anilines is 2. The summed E-state index contributed by atoms with van der Waals surface area (Å²) in [5.41, 5.74) is 0.987. The van der Waals surface area contributed by atoms with Crippen molar-refractivity contribution in [3.8, 4) is 0 Å². The monoisotopic (exact) mass is 374 g/mol. The SMILES string of the molecule is CN(C(=O)c1cc(NC(C)(C)CC(C)(C)C)nc(Cl)n1)c1ccccc1. The van der Waals surface area contributed by atoms with E-state index in [2.05, 4.69) is 49.9 Å². The van der Waals surface area contributed by atoms with Gasteiger partial charge in [-0.2, -0.15) is 0 Å². The Balaban J connectivity index is 2.25. The molecule has 140 valence electrons. The molecule has 1 N–H and O–H groups in total. The van der Waals surface area contributed by atoms with Crippen molar-refractivity contribution in [3.63, 3.8) is 0 Å². The van der Waals surface area contributed by atoms with Crippen molar-refractivity contribution in [2.24, 2.45) is 5.41 Å². The van der Waals surface area contributed by atoms with Gasteiger partial charge < -0.3 is 10.2 Å². The zero-order valence-corrected chi connectivity index (χ0v) is 17.1. The third-order valence-electron chi connectivity index (χ3n) is 3.80. The van der Waals surface area contributed by atoms with Crippen LogP contribution in [0.2, 0.25) is 5.28 Å². The molecular formula is C20H27ClN4O. The average Bonchev–Trinajstić information content (AvgIpc) is 2.50. The molecule has 26 heavy (non-hydrogen) atoms. The average molecular weight is 375 g/mol. The number of benzene rings is 1. The molecule has 0 aliphatic rings. The van der Waals surface area contributed by atoms with Crippen LogP contribution in [-0.4, -0.2) is 28.5 Å². The second-order valence-corrected chi connectivity index (χ2v) is 8.69. The van der Waals surface area contributed by atoms with E-state index in [0.717, 1.165) is 12.1 Å². The number of carbonyl (C=O) groups is 1. The minimum absolute atomic E-state index is 0.0476. The van der Waals surface area contributed by atoms with Gasteiger partial charge in [0.15, 0.2) is 0 Å². The van der Waals surface area contributed by atoms with E-state index in [4.69, 9.17) is 11.6 Å². The highest BCUT2D eigenvalue weighted by molar-refractivity contribution is 6.28. The summed E-state index contributed by atoms with van der Waals surface area (Å²) in [5.74, 6) is 0.307. The van der Waals surface area contributed by atoms with Gasteiger partial charge in [0.05, 0.1) is 0 Å². The molecule has 1 heterocycles. The molecule has 0 fully saturated rings. The van der Waals surface area contributed by atoms with Crippen molar-refractivity contribution in [2.45, 2.75) is 46.6 Å². The summed E-state index contributed by atoms with van der Waals surface area (Å²) < 4.78 is 0. The third kappa shape index (κ3) is 5.70. The standard InChI is InChI=1S/C20H27ClN4O/c1-19(2,3)13-20(4,5)24-16-12-15(22-18(21)23-16)17(26)25(6)14-10-8-7-9-11-14/h7-12H,13H2,1-6H3,(H,22,23,24). The number of carbonyl (C=O) groups excluding carboxylic acids is 1. The molecular weight excluding hydrogens is 348 g/mol. The number of aromatic nitrogens is 2. The van der Waals surface area contributed by atoms with Crippen LogP contribution in [0, 0.1) is 5.41 Å². The Hall–Kier alpha value is -2.14. The Labute approximate surface area is 160 Å². The van der Waals surface area contributed by atoms with Gasteiger partial charge in [0.2, 0.25) is 5.28 Å². The second kappa shape index (κ2) is 7.62. The Bertz CT molecular complexity index is 769. The third-order valence-corrected chi connectivity index (χ3v) is 3.97. The van der Waals surface area contributed by atoms with Crippen LogP contribution < -0.4 is 10.2 Å². The van der Waals surface area contributed by atoms with Crippen LogP contribution in [0.1, 0.15) is 51.5 Å². The minimum Gasteiger partial charge on any atom is -0.365 e. The lowest BCUT2D eigenvalue weighted by Gasteiger charge is -2.33. The highest BCUT2D eigenvalue weighted by atomic mass is 35.5. The number of hydrogen-bond donors (Lipinski definition) is 1. The molecule has 1 aromatic heterocycles. The maximum atomic E-state index is 12.8. The molecule has 0 spiro atoms. The van der Waals surface area contributed by atoms with Gasteiger partial charge in [-0.3, -0.25) is 4.79 Å². The Morgan fingerprint density at radius 2 is 1.73 bits per heavy atom. The van der Waals surface area contributed by atoms with Gasteiger partial charge in [-0.15, -0.1) is 0 Å². The van der Waals surface area contributed by atoms with Gasteiger partial charge in [-0.1, -0.05) is 39.0 Å². The molecule has 0 saturated heterocycles. The quantitative estimate of drug-likeness (QED) is 0.745. The first-order valence-corrected chi connectivity index (χ1v) is 9.01. The molecule has 0 aliphatic heterocycles. The summed E-state index contributed by atoms with van der Waals surface area (Å²) in [6.07, 6.45) is 0.925. The summed E-state index contributed by atoms with van der Waals surface area (Å²) in [6.45, 7) is 10.8. The lowest BCUT2D eigenvalue weighted by Crippen LogP contribution is -2.36. The molecule has 2 rings (SSSR count). The number of nitrogens with one attached hydrogen (secondary N) is 1. The minimum atomic E-state index is -0.239. The van der Waals surface area contributed by atoms with Gasteiger partial charge in [0, 0.05) is 24.3 Å². The van der Waals surface area contributed by atoms with Crippen LogP contribution in [0.3, 0.4) is 0 Å². The fourth-order valence-corrected chi connectivity index (χ4v) is 3.43.